The number of carboxylic acids is 1. The van der Waals surface area contributed by atoms with Gasteiger partial charge in [-0.3, -0.25) is 0 Å². The van der Waals surface area contributed by atoms with E-state index in [0.717, 1.165) is 5.69 Å². The van der Waals surface area contributed by atoms with Gasteiger partial charge in [-0.25, -0.2) is 4.79 Å². The molecule has 0 aliphatic carbocycles. The Hall–Kier alpha value is -2.14. The first-order valence-electron chi connectivity index (χ1n) is 4.75. The molecule has 1 heterocycles. The summed E-state index contributed by atoms with van der Waals surface area (Å²) in [5.74, 6) is -0.632. The fourth-order valence-corrected chi connectivity index (χ4v) is 1.32. The molecular formula is C11H8ClN3O2. The zero-order valence-corrected chi connectivity index (χ0v) is 9.35. The van der Waals surface area contributed by atoms with Crippen molar-refractivity contribution in [3.63, 3.8) is 0 Å². The van der Waals surface area contributed by atoms with Gasteiger partial charge in [0.25, 0.3) is 0 Å². The summed E-state index contributed by atoms with van der Waals surface area (Å²) in [7, 11) is 0. The van der Waals surface area contributed by atoms with E-state index in [1.165, 1.54) is 6.07 Å². The molecule has 0 aliphatic heterocycles. The van der Waals surface area contributed by atoms with Crippen molar-refractivity contribution in [2.24, 2.45) is 0 Å². The van der Waals surface area contributed by atoms with Crippen molar-refractivity contribution in [2.75, 3.05) is 5.32 Å². The van der Waals surface area contributed by atoms with Crippen molar-refractivity contribution in [1.29, 1.82) is 0 Å². The molecule has 17 heavy (non-hydrogen) atoms. The van der Waals surface area contributed by atoms with Gasteiger partial charge in [0, 0.05) is 10.7 Å². The Kier molecular flexibility index (Phi) is 3.20. The first-order chi connectivity index (χ1) is 8.15. The summed E-state index contributed by atoms with van der Waals surface area (Å²) in [6.07, 6.45) is 0. The van der Waals surface area contributed by atoms with Gasteiger partial charge in [0.05, 0.1) is 0 Å². The molecule has 2 N–H and O–H groups in total. The summed E-state index contributed by atoms with van der Waals surface area (Å²) < 4.78 is 0. The van der Waals surface area contributed by atoms with Crippen molar-refractivity contribution >= 4 is 29.1 Å². The number of nitrogens with one attached hydrogen (secondary N) is 1. The van der Waals surface area contributed by atoms with Crippen LogP contribution in [0.3, 0.4) is 0 Å². The fraction of sp³-hybridized carbons (Fsp3) is 0. The number of aromatic carboxylic acids is 1. The van der Waals surface area contributed by atoms with Crippen LogP contribution >= 0.6 is 11.6 Å². The molecule has 0 fully saturated rings. The van der Waals surface area contributed by atoms with Crippen LogP contribution in [0.25, 0.3) is 0 Å². The van der Waals surface area contributed by atoms with Crippen LogP contribution in [-0.4, -0.2) is 21.3 Å². The number of rotatable bonds is 3. The molecule has 0 atom stereocenters. The van der Waals surface area contributed by atoms with Crippen LogP contribution < -0.4 is 5.32 Å². The average molecular weight is 250 g/mol. The Morgan fingerprint density at radius 2 is 1.82 bits per heavy atom. The van der Waals surface area contributed by atoms with E-state index in [1.807, 2.05) is 0 Å². The maximum atomic E-state index is 10.6. The monoisotopic (exact) mass is 249 g/mol. The number of hydrogen-bond acceptors (Lipinski definition) is 4. The highest BCUT2D eigenvalue weighted by Gasteiger charge is 2.04. The zero-order chi connectivity index (χ0) is 12.3. The van der Waals surface area contributed by atoms with Crippen LogP contribution in [0.4, 0.5) is 11.5 Å². The van der Waals surface area contributed by atoms with E-state index in [1.54, 1.807) is 30.3 Å². The van der Waals surface area contributed by atoms with Gasteiger partial charge in [-0.05, 0) is 36.4 Å². The number of carbonyl (C=O) groups is 1. The van der Waals surface area contributed by atoms with Crippen LogP contribution in [0, 0.1) is 0 Å². The topological polar surface area (TPSA) is 75.1 Å². The van der Waals surface area contributed by atoms with Gasteiger partial charge in [0.15, 0.2) is 11.5 Å². The molecule has 0 saturated heterocycles. The number of carboxylic acid groups (broad SMARTS) is 1. The second-order valence-corrected chi connectivity index (χ2v) is 3.68. The van der Waals surface area contributed by atoms with Crippen LogP contribution in [0.2, 0.25) is 5.02 Å². The van der Waals surface area contributed by atoms with Crippen LogP contribution in [0.15, 0.2) is 36.4 Å². The summed E-state index contributed by atoms with van der Waals surface area (Å²) in [5, 5.41) is 19.6. The Morgan fingerprint density at radius 3 is 2.35 bits per heavy atom. The number of halogens is 1. The van der Waals surface area contributed by atoms with Gasteiger partial charge >= 0.3 is 5.97 Å². The molecule has 1 aromatic carbocycles. The lowest BCUT2D eigenvalue weighted by atomic mass is 10.3. The van der Waals surface area contributed by atoms with Crippen molar-refractivity contribution in [3.05, 3.63) is 47.1 Å². The van der Waals surface area contributed by atoms with Crippen LogP contribution in [0.5, 0.6) is 0 Å². The summed E-state index contributed by atoms with van der Waals surface area (Å²) in [6, 6.07) is 9.98. The number of benzene rings is 1. The predicted octanol–water partition coefficient (Wildman–Crippen LogP) is 2.57. The summed E-state index contributed by atoms with van der Waals surface area (Å²) >= 11 is 5.75. The molecule has 0 bridgehead atoms. The Labute approximate surface area is 102 Å². The van der Waals surface area contributed by atoms with Crippen LogP contribution in [-0.2, 0) is 0 Å². The molecule has 0 radical (unpaired) electrons. The van der Waals surface area contributed by atoms with E-state index in [2.05, 4.69) is 15.5 Å². The molecule has 2 aromatic rings. The van der Waals surface area contributed by atoms with E-state index < -0.39 is 5.97 Å². The highest BCUT2D eigenvalue weighted by Crippen LogP contribution is 2.16. The van der Waals surface area contributed by atoms with E-state index in [0.29, 0.717) is 10.8 Å². The molecule has 1 aromatic heterocycles. The number of hydrogen-bond donors (Lipinski definition) is 2. The smallest absolute Gasteiger partial charge is 0.356 e. The third kappa shape index (κ3) is 2.92. The van der Waals surface area contributed by atoms with Gasteiger partial charge in [-0.15, -0.1) is 10.2 Å². The minimum atomic E-state index is -1.10. The maximum Gasteiger partial charge on any atom is 0.356 e. The van der Waals surface area contributed by atoms with Crippen molar-refractivity contribution in [3.8, 4) is 0 Å². The van der Waals surface area contributed by atoms with Crippen LogP contribution in [0.1, 0.15) is 10.5 Å². The minimum Gasteiger partial charge on any atom is -0.476 e. The second kappa shape index (κ2) is 4.80. The first-order valence-corrected chi connectivity index (χ1v) is 5.12. The Morgan fingerprint density at radius 1 is 1.12 bits per heavy atom. The normalized spacial score (nSPS) is 9.94. The minimum absolute atomic E-state index is 0.0911. The zero-order valence-electron chi connectivity index (χ0n) is 8.59. The lowest BCUT2D eigenvalue weighted by Gasteiger charge is -2.04. The molecule has 0 spiro atoms. The van der Waals surface area contributed by atoms with Crippen molar-refractivity contribution < 1.29 is 9.90 Å². The standard InChI is InChI=1S/C11H8ClN3O2/c12-7-1-3-8(4-2-7)13-10-6-5-9(11(16)17)14-15-10/h1-6H,(H,13,15)(H,16,17). The van der Waals surface area contributed by atoms with Gasteiger partial charge in [-0.2, -0.15) is 0 Å². The molecule has 5 nitrogen and oxygen atoms in total. The highest BCUT2D eigenvalue weighted by atomic mass is 35.5. The largest absolute Gasteiger partial charge is 0.476 e. The second-order valence-electron chi connectivity index (χ2n) is 3.24. The summed E-state index contributed by atoms with van der Waals surface area (Å²) in [6.45, 7) is 0. The van der Waals surface area contributed by atoms with E-state index >= 15 is 0 Å². The molecule has 2 rings (SSSR count). The molecular weight excluding hydrogens is 242 g/mol. The third-order valence-corrected chi connectivity index (χ3v) is 2.25. The molecule has 0 aliphatic rings. The van der Waals surface area contributed by atoms with Gasteiger partial charge in [0.1, 0.15) is 0 Å². The lowest BCUT2D eigenvalue weighted by Crippen LogP contribution is -2.03. The van der Waals surface area contributed by atoms with Crippen molar-refractivity contribution in [1.82, 2.24) is 10.2 Å². The van der Waals surface area contributed by atoms with E-state index in [4.69, 9.17) is 16.7 Å². The molecule has 86 valence electrons. The lowest BCUT2D eigenvalue weighted by molar-refractivity contribution is 0.0689. The maximum absolute atomic E-state index is 10.6. The number of anilines is 2. The molecule has 0 saturated carbocycles. The Balaban J connectivity index is 2.13. The third-order valence-electron chi connectivity index (χ3n) is 2.00. The predicted molar refractivity (Wildman–Crippen MR) is 63.7 cm³/mol. The molecule has 0 amide bonds. The van der Waals surface area contributed by atoms with E-state index in [9.17, 15) is 4.79 Å². The van der Waals surface area contributed by atoms with E-state index in [-0.39, 0.29) is 5.69 Å². The SMILES string of the molecule is O=C(O)c1ccc(Nc2ccc(Cl)cc2)nn1. The quantitative estimate of drug-likeness (QED) is 0.874. The highest BCUT2D eigenvalue weighted by molar-refractivity contribution is 6.30. The fourth-order valence-electron chi connectivity index (χ4n) is 1.19. The number of nitrogens with zero attached hydrogens (tertiary/aromatic N) is 2. The molecule has 0 unspecified atom stereocenters. The summed E-state index contributed by atoms with van der Waals surface area (Å²) in [4.78, 5) is 10.6. The van der Waals surface area contributed by atoms with Gasteiger partial charge in [0.2, 0.25) is 0 Å². The summed E-state index contributed by atoms with van der Waals surface area (Å²) in [5.41, 5.74) is 0.707. The van der Waals surface area contributed by atoms with Gasteiger partial charge in [-0.1, -0.05) is 11.6 Å². The first kappa shape index (κ1) is 11.3. The molecule has 6 heteroatoms. The number of aromatic nitrogens is 2. The average Bonchev–Trinajstić information content (AvgIpc) is 2.33. The van der Waals surface area contributed by atoms with Gasteiger partial charge < -0.3 is 10.4 Å². The van der Waals surface area contributed by atoms with Crippen molar-refractivity contribution in [2.45, 2.75) is 0 Å². The Bertz CT molecular complexity index is 525.